The van der Waals surface area contributed by atoms with E-state index in [1.807, 2.05) is 63.2 Å². The third-order valence-electron chi connectivity index (χ3n) is 5.23. The summed E-state index contributed by atoms with van der Waals surface area (Å²) in [5, 5.41) is 0.516. The molecular formula is C24H25NO4. The molecule has 29 heavy (non-hydrogen) atoms. The van der Waals surface area contributed by atoms with E-state index in [1.54, 1.807) is 11.0 Å². The Morgan fingerprint density at radius 1 is 1.10 bits per heavy atom. The molecular weight excluding hydrogens is 366 g/mol. The fourth-order valence-electron chi connectivity index (χ4n) is 3.90. The average molecular weight is 391 g/mol. The summed E-state index contributed by atoms with van der Waals surface area (Å²) in [6.45, 7) is 6.96. The van der Waals surface area contributed by atoms with Crippen LogP contribution >= 0.6 is 0 Å². The molecule has 0 N–H and O–H groups in total. The molecule has 0 aliphatic carbocycles. The van der Waals surface area contributed by atoms with Crippen molar-refractivity contribution in [3.63, 3.8) is 0 Å². The van der Waals surface area contributed by atoms with Gasteiger partial charge in [-0.1, -0.05) is 42.0 Å². The maximum absolute atomic E-state index is 13.4. The van der Waals surface area contributed by atoms with E-state index >= 15 is 0 Å². The summed E-state index contributed by atoms with van der Waals surface area (Å²) < 4.78 is 11.6. The quantitative estimate of drug-likeness (QED) is 0.582. The summed E-state index contributed by atoms with van der Waals surface area (Å²) >= 11 is 0. The largest absolute Gasteiger partial charge is 0.450 e. The van der Waals surface area contributed by atoms with E-state index < -0.39 is 6.04 Å². The summed E-state index contributed by atoms with van der Waals surface area (Å²) in [4.78, 5) is 28.4. The van der Waals surface area contributed by atoms with Crippen molar-refractivity contribution in [2.45, 2.75) is 39.3 Å². The standard InChI is InChI=1S/C24H25NO4/c1-15(2)28-13-7-12-25-21(17-8-5-4-6-9-17)20-22(26)18-14-16(3)10-11-19(18)29-23(20)24(25)27/h4-6,8-11,14-15,21H,7,12-13H2,1-3H3. The van der Waals surface area contributed by atoms with Gasteiger partial charge in [-0.3, -0.25) is 9.59 Å². The Morgan fingerprint density at radius 3 is 2.59 bits per heavy atom. The van der Waals surface area contributed by atoms with Gasteiger partial charge in [0.2, 0.25) is 5.76 Å². The summed E-state index contributed by atoms with van der Waals surface area (Å²) in [5.74, 6) is -0.0806. The van der Waals surface area contributed by atoms with Crippen LogP contribution in [0, 0.1) is 6.92 Å². The monoisotopic (exact) mass is 391 g/mol. The summed E-state index contributed by atoms with van der Waals surface area (Å²) in [6.07, 6.45) is 0.830. The molecule has 0 saturated carbocycles. The molecule has 0 saturated heterocycles. The maximum Gasteiger partial charge on any atom is 0.290 e. The minimum atomic E-state index is -0.445. The molecule has 1 amide bonds. The van der Waals surface area contributed by atoms with Gasteiger partial charge in [-0.15, -0.1) is 0 Å². The zero-order valence-corrected chi connectivity index (χ0v) is 17.0. The van der Waals surface area contributed by atoms with E-state index in [0.717, 1.165) is 11.1 Å². The van der Waals surface area contributed by atoms with Crippen LogP contribution < -0.4 is 5.43 Å². The van der Waals surface area contributed by atoms with E-state index in [2.05, 4.69) is 0 Å². The van der Waals surface area contributed by atoms with Gasteiger partial charge in [0.05, 0.1) is 23.1 Å². The van der Waals surface area contributed by atoms with Gasteiger partial charge in [-0.2, -0.15) is 0 Å². The number of carbonyl (C=O) groups is 1. The van der Waals surface area contributed by atoms with Crippen LogP contribution in [0.15, 0.2) is 57.7 Å². The lowest BCUT2D eigenvalue weighted by atomic mass is 9.98. The van der Waals surface area contributed by atoms with Crippen molar-refractivity contribution in [2.24, 2.45) is 0 Å². The Bertz CT molecular complexity index is 1100. The Morgan fingerprint density at radius 2 is 1.86 bits per heavy atom. The highest BCUT2D eigenvalue weighted by molar-refractivity contribution is 5.99. The molecule has 5 nitrogen and oxygen atoms in total. The molecule has 3 aromatic rings. The smallest absolute Gasteiger partial charge is 0.290 e. The van der Waals surface area contributed by atoms with Crippen molar-refractivity contribution < 1.29 is 13.9 Å². The topological polar surface area (TPSA) is 59.8 Å². The van der Waals surface area contributed by atoms with Crippen LogP contribution in [-0.2, 0) is 4.74 Å². The van der Waals surface area contributed by atoms with Crippen LogP contribution in [0.5, 0.6) is 0 Å². The van der Waals surface area contributed by atoms with Gasteiger partial charge in [0.1, 0.15) is 5.58 Å². The van der Waals surface area contributed by atoms with Crippen molar-refractivity contribution in [1.82, 2.24) is 4.90 Å². The molecule has 1 unspecified atom stereocenters. The number of nitrogens with zero attached hydrogens (tertiary/aromatic N) is 1. The Labute approximate surface area is 169 Å². The van der Waals surface area contributed by atoms with Gasteiger partial charge in [0.15, 0.2) is 5.43 Å². The molecule has 5 heteroatoms. The average Bonchev–Trinajstić information content (AvgIpc) is 2.99. The number of fused-ring (bicyclic) bond motifs is 2. The van der Waals surface area contributed by atoms with Gasteiger partial charge in [0, 0.05) is 13.2 Å². The molecule has 0 spiro atoms. The summed E-state index contributed by atoms with van der Waals surface area (Å²) in [5.41, 5.74) is 2.64. The number of aryl methyl sites for hydroxylation is 1. The van der Waals surface area contributed by atoms with E-state index in [-0.39, 0.29) is 23.2 Å². The second-order valence-electron chi connectivity index (χ2n) is 7.76. The second-order valence-corrected chi connectivity index (χ2v) is 7.76. The number of benzene rings is 2. The van der Waals surface area contributed by atoms with Crippen molar-refractivity contribution in [3.05, 3.63) is 81.2 Å². The lowest BCUT2D eigenvalue weighted by molar-refractivity contribution is 0.0593. The first-order valence-corrected chi connectivity index (χ1v) is 10.0. The molecule has 0 fully saturated rings. The number of hydrogen-bond donors (Lipinski definition) is 0. The molecule has 150 valence electrons. The normalized spacial score (nSPS) is 16.1. The molecule has 1 aromatic heterocycles. The van der Waals surface area contributed by atoms with Crippen LogP contribution in [0.1, 0.15) is 53.6 Å². The molecule has 1 aliphatic rings. The van der Waals surface area contributed by atoms with Crippen LogP contribution in [0.4, 0.5) is 0 Å². The highest BCUT2D eigenvalue weighted by Crippen LogP contribution is 2.38. The summed E-state index contributed by atoms with van der Waals surface area (Å²) in [7, 11) is 0. The Balaban J connectivity index is 1.80. The zero-order valence-electron chi connectivity index (χ0n) is 17.0. The Hall–Kier alpha value is -2.92. The predicted octanol–water partition coefficient (Wildman–Crippen LogP) is 4.46. The van der Waals surface area contributed by atoms with E-state index in [4.69, 9.17) is 9.15 Å². The molecule has 0 radical (unpaired) electrons. The van der Waals surface area contributed by atoms with Gasteiger partial charge in [-0.05, 0) is 44.9 Å². The van der Waals surface area contributed by atoms with Crippen molar-refractivity contribution in [1.29, 1.82) is 0 Å². The number of carbonyl (C=O) groups excluding carboxylic acids is 1. The molecule has 2 heterocycles. The first-order chi connectivity index (χ1) is 14.0. The SMILES string of the molecule is Cc1ccc2oc3c(c(=O)c2c1)C(c1ccccc1)N(CCCOC(C)C)C3=O. The van der Waals surface area contributed by atoms with E-state index in [1.165, 1.54) is 0 Å². The molecule has 4 rings (SSSR count). The first-order valence-electron chi connectivity index (χ1n) is 10.0. The highest BCUT2D eigenvalue weighted by atomic mass is 16.5. The van der Waals surface area contributed by atoms with Crippen molar-refractivity contribution in [3.8, 4) is 0 Å². The van der Waals surface area contributed by atoms with Crippen LogP contribution in [0.25, 0.3) is 11.0 Å². The van der Waals surface area contributed by atoms with E-state index in [0.29, 0.717) is 36.1 Å². The number of ether oxygens (including phenoxy) is 1. The third kappa shape index (κ3) is 3.58. The maximum atomic E-state index is 13.4. The number of amides is 1. The zero-order chi connectivity index (χ0) is 20.5. The summed E-state index contributed by atoms with van der Waals surface area (Å²) in [6, 6.07) is 14.7. The molecule has 1 atom stereocenters. The van der Waals surface area contributed by atoms with Crippen molar-refractivity contribution >= 4 is 16.9 Å². The fourth-order valence-corrected chi connectivity index (χ4v) is 3.90. The van der Waals surface area contributed by atoms with Crippen LogP contribution in [0.3, 0.4) is 0 Å². The van der Waals surface area contributed by atoms with Crippen LogP contribution in [-0.4, -0.2) is 30.1 Å². The highest BCUT2D eigenvalue weighted by Gasteiger charge is 2.42. The minimum Gasteiger partial charge on any atom is -0.450 e. The third-order valence-corrected chi connectivity index (χ3v) is 5.23. The number of hydrogen-bond acceptors (Lipinski definition) is 4. The molecule has 1 aliphatic heterocycles. The van der Waals surface area contributed by atoms with Gasteiger partial charge >= 0.3 is 0 Å². The van der Waals surface area contributed by atoms with Crippen LogP contribution in [0.2, 0.25) is 0 Å². The van der Waals surface area contributed by atoms with Crippen molar-refractivity contribution in [2.75, 3.05) is 13.2 Å². The Kier molecular flexibility index (Phi) is 5.24. The lowest BCUT2D eigenvalue weighted by Crippen LogP contribution is -2.31. The molecule has 2 aromatic carbocycles. The van der Waals surface area contributed by atoms with Gasteiger partial charge in [0.25, 0.3) is 5.91 Å². The fraction of sp³-hybridized carbons (Fsp3) is 0.333. The lowest BCUT2D eigenvalue weighted by Gasteiger charge is -2.25. The first kappa shape index (κ1) is 19.4. The van der Waals surface area contributed by atoms with Gasteiger partial charge < -0.3 is 14.1 Å². The minimum absolute atomic E-state index is 0.131. The van der Waals surface area contributed by atoms with Gasteiger partial charge in [-0.25, -0.2) is 0 Å². The molecule has 0 bridgehead atoms. The van der Waals surface area contributed by atoms with E-state index in [9.17, 15) is 9.59 Å². The predicted molar refractivity (Wildman–Crippen MR) is 112 cm³/mol. The number of rotatable bonds is 6. The second kappa shape index (κ2) is 7.84.